The molecule has 1 heterocycles. The third-order valence-electron chi connectivity index (χ3n) is 4.33. The minimum Gasteiger partial charge on any atom is -0.493 e. The number of nitrogens with zero attached hydrogens (tertiary/aromatic N) is 1. The molecule has 1 aromatic rings. The lowest BCUT2D eigenvalue weighted by Gasteiger charge is -2.29. The number of hydrogen-bond acceptors (Lipinski definition) is 3. The molecule has 0 radical (unpaired) electrons. The molecule has 0 spiro atoms. The molecule has 2 fully saturated rings. The Kier molecular flexibility index (Phi) is 4.81. The largest absolute Gasteiger partial charge is 0.493 e. The predicted octanol–water partition coefficient (Wildman–Crippen LogP) is 2.92. The van der Waals surface area contributed by atoms with Gasteiger partial charge < -0.3 is 10.1 Å². The molecule has 1 saturated carbocycles. The molecule has 2 aliphatic rings. The van der Waals surface area contributed by atoms with Crippen molar-refractivity contribution in [3.05, 3.63) is 28.8 Å². The number of ether oxygens (including phenoxy) is 1. The molecule has 1 aliphatic heterocycles. The van der Waals surface area contributed by atoms with Crippen molar-refractivity contribution in [2.75, 3.05) is 32.8 Å². The van der Waals surface area contributed by atoms with Crippen LogP contribution in [-0.4, -0.2) is 37.7 Å². The van der Waals surface area contributed by atoms with E-state index < -0.39 is 0 Å². The minimum atomic E-state index is 0.762. The van der Waals surface area contributed by atoms with Gasteiger partial charge in [-0.15, -0.1) is 0 Å². The molecule has 1 saturated heterocycles. The van der Waals surface area contributed by atoms with E-state index in [2.05, 4.69) is 16.3 Å². The molecule has 1 aromatic carbocycles. The molecule has 3 rings (SSSR count). The lowest BCUT2D eigenvalue weighted by molar-refractivity contribution is 0.175. The smallest absolute Gasteiger partial charge is 0.123 e. The summed E-state index contributed by atoms with van der Waals surface area (Å²) in [6.45, 7) is 6.11. The number of halogens is 1. The van der Waals surface area contributed by atoms with Crippen LogP contribution in [0.4, 0.5) is 0 Å². The Morgan fingerprint density at radius 3 is 2.75 bits per heavy atom. The van der Waals surface area contributed by atoms with Crippen LogP contribution in [0.15, 0.2) is 18.2 Å². The molecule has 0 unspecified atom stereocenters. The minimum absolute atomic E-state index is 0.762. The van der Waals surface area contributed by atoms with Gasteiger partial charge in [0.25, 0.3) is 0 Å². The SMILES string of the molecule is Clc1ccc(OCC2CCC2)c(CN2CCNCC2)c1. The third-order valence-corrected chi connectivity index (χ3v) is 4.56. The lowest BCUT2D eigenvalue weighted by Crippen LogP contribution is -2.42. The average Bonchev–Trinajstić information content (AvgIpc) is 2.40. The first-order chi connectivity index (χ1) is 9.81. The van der Waals surface area contributed by atoms with Crippen molar-refractivity contribution in [2.45, 2.75) is 25.8 Å². The number of nitrogens with one attached hydrogen (secondary N) is 1. The lowest BCUT2D eigenvalue weighted by atomic mass is 9.86. The Balaban J connectivity index is 1.64. The number of rotatable bonds is 5. The monoisotopic (exact) mass is 294 g/mol. The summed E-state index contributed by atoms with van der Waals surface area (Å²) >= 11 is 6.15. The molecule has 0 bridgehead atoms. The van der Waals surface area contributed by atoms with Crippen LogP contribution in [0.25, 0.3) is 0 Å². The van der Waals surface area contributed by atoms with Crippen LogP contribution in [0.2, 0.25) is 5.02 Å². The van der Waals surface area contributed by atoms with Crippen molar-refractivity contribution in [3.63, 3.8) is 0 Å². The summed E-state index contributed by atoms with van der Waals surface area (Å²) in [7, 11) is 0. The second-order valence-corrected chi connectivity index (χ2v) is 6.32. The Morgan fingerprint density at radius 2 is 2.05 bits per heavy atom. The first-order valence-electron chi connectivity index (χ1n) is 7.65. The third kappa shape index (κ3) is 3.66. The maximum atomic E-state index is 6.15. The zero-order valence-corrected chi connectivity index (χ0v) is 12.7. The highest BCUT2D eigenvalue weighted by Gasteiger charge is 2.19. The van der Waals surface area contributed by atoms with E-state index in [0.29, 0.717) is 0 Å². The van der Waals surface area contributed by atoms with Crippen LogP contribution in [0.1, 0.15) is 24.8 Å². The van der Waals surface area contributed by atoms with Gasteiger partial charge in [-0.1, -0.05) is 18.0 Å². The van der Waals surface area contributed by atoms with E-state index in [4.69, 9.17) is 16.3 Å². The van der Waals surface area contributed by atoms with Crippen molar-refractivity contribution in [3.8, 4) is 5.75 Å². The van der Waals surface area contributed by atoms with Gasteiger partial charge in [-0.2, -0.15) is 0 Å². The highest BCUT2D eigenvalue weighted by Crippen LogP contribution is 2.29. The van der Waals surface area contributed by atoms with Gasteiger partial charge in [-0.3, -0.25) is 4.90 Å². The predicted molar refractivity (Wildman–Crippen MR) is 82.4 cm³/mol. The average molecular weight is 295 g/mol. The molecule has 1 aliphatic carbocycles. The summed E-state index contributed by atoms with van der Waals surface area (Å²) < 4.78 is 6.04. The quantitative estimate of drug-likeness (QED) is 0.904. The highest BCUT2D eigenvalue weighted by molar-refractivity contribution is 6.30. The van der Waals surface area contributed by atoms with Crippen molar-refractivity contribution >= 4 is 11.6 Å². The molecule has 3 nitrogen and oxygen atoms in total. The summed E-state index contributed by atoms with van der Waals surface area (Å²) in [4.78, 5) is 2.46. The van der Waals surface area contributed by atoms with Gasteiger partial charge in [0, 0.05) is 43.3 Å². The molecule has 0 atom stereocenters. The van der Waals surface area contributed by atoms with Gasteiger partial charge in [0.05, 0.1) is 6.61 Å². The van der Waals surface area contributed by atoms with Crippen LogP contribution in [0.5, 0.6) is 5.75 Å². The zero-order chi connectivity index (χ0) is 13.8. The number of hydrogen-bond donors (Lipinski definition) is 1. The Hall–Kier alpha value is -0.770. The first kappa shape index (κ1) is 14.2. The fraction of sp³-hybridized carbons (Fsp3) is 0.625. The summed E-state index contributed by atoms with van der Waals surface area (Å²) in [5, 5.41) is 4.18. The topological polar surface area (TPSA) is 24.5 Å². The highest BCUT2D eigenvalue weighted by atomic mass is 35.5. The molecule has 20 heavy (non-hydrogen) atoms. The number of benzene rings is 1. The molecule has 0 aromatic heterocycles. The second kappa shape index (κ2) is 6.79. The van der Waals surface area contributed by atoms with Gasteiger partial charge in [-0.25, -0.2) is 0 Å². The van der Waals surface area contributed by atoms with E-state index in [-0.39, 0.29) is 0 Å². The Labute approximate surface area is 126 Å². The summed E-state index contributed by atoms with van der Waals surface area (Å²) in [6.07, 6.45) is 4.00. The maximum absolute atomic E-state index is 6.15. The van der Waals surface area contributed by atoms with Crippen molar-refractivity contribution in [1.82, 2.24) is 10.2 Å². The summed E-state index contributed by atoms with van der Waals surface area (Å²) in [5.41, 5.74) is 1.22. The molecule has 0 amide bonds. The van der Waals surface area contributed by atoms with Gasteiger partial charge in [-0.05, 0) is 37.0 Å². The molecule has 110 valence electrons. The van der Waals surface area contributed by atoms with Crippen molar-refractivity contribution in [1.29, 1.82) is 0 Å². The van der Waals surface area contributed by atoms with Gasteiger partial charge in [0.15, 0.2) is 0 Å². The van der Waals surface area contributed by atoms with E-state index in [9.17, 15) is 0 Å². The first-order valence-corrected chi connectivity index (χ1v) is 8.03. The van der Waals surface area contributed by atoms with Crippen molar-refractivity contribution < 1.29 is 4.74 Å². The normalized spacial score (nSPS) is 20.6. The molecule has 1 N–H and O–H groups in total. The Bertz CT molecular complexity index is 442. The van der Waals surface area contributed by atoms with Crippen LogP contribution >= 0.6 is 11.6 Å². The zero-order valence-electron chi connectivity index (χ0n) is 11.9. The summed E-state index contributed by atoms with van der Waals surface area (Å²) in [6, 6.07) is 6.01. The Morgan fingerprint density at radius 1 is 1.25 bits per heavy atom. The van der Waals surface area contributed by atoms with E-state index >= 15 is 0 Å². The molecule has 4 heteroatoms. The molecular weight excluding hydrogens is 272 g/mol. The fourth-order valence-electron chi connectivity index (χ4n) is 2.79. The molecular formula is C16H23ClN2O. The van der Waals surface area contributed by atoms with Crippen LogP contribution in [0.3, 0.4) is 0 Å². The van der Waals surface area contributed by atoms with E-state index in [1.165, 1.54) is 24.8 Å². The van der Waals surface area contributed by atoms with Crippen molar-refractivity contribution in [2.24, 2.45) is 5.92 Å². The maximum Gasteiger partial charge on any atom is 0.123 e. The van der Waals surface area contributed by atoms with Crippen LogP contribution in [-0.2, 0) is 6.54 Å². The fourth-order valence-corrected chi connectivity index (χ4v) is 2.98. The van der Waals surface area contributed by atoms with Crippen LogP contribution < -0.4 is 10.1 Å². The van der Waals surface area contributed by atoms with Gasteiger partial charge >= 0.3 is 0 Å². The number of piperazine rings is 1. The second-order valence-electron chi connectivity index (χ2n) is 5.89. The standard InChI is InChI=1S/C16H23ClN2O/c17-15-4-5-16(20-12-13-2-1-3-13)14(10-15)11-19-8-6-18-7-9-19/h4-5,10,13,18H,1-3,6-9,11-12H2. The van der Waals surface area contributed by atoms with E-state index in [1.807, 2.05) is 12.1 Å². The van der Waals surface area contributed by atoms with Gasteiger partial charge in [0.1, 0.15) is 5.75 Å². The summed E-state index contributed by atoms with van der Waals surface area (Å²) in [5.74, 6) is 1.78. The van der Waals surface area contributed by atoms with E-state index in [1.54, 1.807) is 0 Å². The van der Waals surface area contributed by atoms with E-state index in [0.717, 1.165) is 56.0 Å². The van der Waals surface area contributed by atoms with Gasteiger partial charge in [0.2, 0.25) is 0 Å². The van der Waals surface area contributed by atoms with Crippen LogP contribution in [0, 0.1) is 5.92 Å².